The fraction of sp³-hybridized carbons (Fsp3) is 0.562. The summed E-state index contributed by atoms with van der Waals surface area (Å²) in [6.07, 6.45) is 2.13. The number of nitrogens with zero attached hydrogens (tertiary/aromatic N) is 2. The minimum Gasteiger partial charge on any atom is -0.392 e. The largest absolute Gasteiger partial charge is 0.392 e. The molecule has 0 unspecified atom stereocenters. The lowest BCUT2D eigenvalue weighted by atomic mass is 10.1. The van der Waals surface area contributed by atoms with E-state index in [9.17, 15) is 9.90 Å². The summed E-state index contributed by atoms with van der Waals surface area (Å²) in [5, 5.41) is 10.6. The second-order valence-electron chi connectivity index (χ2n) is 6.00. The number of carbonyl (C=O) groups is 1. The Kier molecular flexibility index (Phi) is 4.48. The highest BCUT2D eigenvalue weighted by molar-refractivity contribution is 6.30. The molecule has 0 aromatic heterocycles. The summed E-state index contributed by atoms with van der Waals surface area (Å²) in [5.74, 6) is 0.577. The Morgan fingerprint density at radius 1 is 1.19 bits per heavy atom. The van der Waals surface area contributed by atoms with Crippen molar-refractivity contribution >= 4 is 17.5 Å². The van der Waals surface area contributed by atoms with E-state index in [1.807, 2.05) is 4.90 Å². The maximum atomic E-state index is 12.4. The van der Waals surface area contributed by atoms with E-state index in [1.165, 1.54) is 0 Å². The van der Waals surface area contributed by atoms with Gasteiger partial charge in [0.25, 0.3) is 5.91 Å². The zero-order valence-electron chi connectivity index (χ0n) is 12.0. The third-order valence-corrected chi connectivity index (χ3v) is 4.61. The van der Waals surface area contributed by atoms with Crippen LogP contribution in [0.5, 0.6) is 0 Å². The maximum absolute atomic E-state index is 12.4. The van der Waals surface area contributed by atoms with Gasteiger partial charge in [-0.3, -0.25) is 9.69 Å². The van der Waals surface area contributed by atoms with Gasteiger partial charge in [0.2, 0.25) is 0 Å². The molecule has 4 nitrogen and oxygen atoms in total. The Hall–Kier alpha value is -1.10. The van der Waals surface area contributed by atoms with Gasteiger partial charge in [0.15, 0.2) is 0 Å². The number of rotatable bonds is 4. The molecule has 1 aromatic carbocycles. The molecule has 0 radical (unpaired) electrons. The van der Waals surface area contributed by atoms with Crippen molar-refractivity contribution in [3.8, 4) is 0 Å². The molecule has 1 atom stereocenters. The Morgan fingerprint density at radius 3 is 2.38 bits per heavy atom. The lowest BCUT2D eigenvalue weighted by molar-refractivity contribution is 0.0488. The summed E-state index contributed by atoms with van der Waals surface area (Å²) in [6.45, 7) is 3.86. The molecule has 1 amide bonds. The number of piperazine rings is 1. The van der Waals surface area contributed by atoms with Crippen LogP contribution in [0.1, 0.15) is 23.2 Å². The number of amides is 1. The van der Waals surface area contributed by atoms with Crippen LogP contribution in [0.2, 0.25) is 5.02 Å². The van der Waals surface area contributed by atoms with Gasteiger partial charge in [-0.1, -0.05) is 11.6 Å². The van der Waals surface area contributed by atoms with Gasteiger partial charge in [0.1, 0.15) is 0 Å². The molecule has 2 fully saturated rings. The first-order chi connectivity index (χ1) is 10.1. The maximum Gasteiger partial charge on any atom is 0.253 e. The van der Waals surface area contributed by atoms with Gasteiger partial charge in [-0.25, -0.2) is 0 Å². The minimum absolute atomic E-state index is 0.0639. The SMILES string of the molecule is O=C(c1ccc(Cl)cc1)N1CCN(C[C@@H](O)C2CC2)CC1. The van der Waals surface area contributed by atoms with Crippen molar-refractivity contribution in [3.63, 3.8) is 0 Å². The molecular formula is C16H21ClN2O2. The van der Waals surface area contributed by atoms with Gasteiger partial charge in [0, 0.05) is 43.3 Å². The van der Waals surface area contributed by atoms with E-state index in [4.69, 9.17) is 11.6 Å². The van der Waals surface area contributed by atoms with Crippen LogP contribution in [-0.2, 0) is 0 Å². The van der Waals surface area contributed by atoms with Gasteiger partial charge in [-0.05, 0) is 43.0 Å². The monoisotopic (exact) mass is 308 g/mol. The summed E-state index contributed by atoms with van der Waals surface area (Å²) in [5.41, 5.74) is 0.686. The van der Waals surface area contributed by atoms with Crippen LogP contribution in [0.25, 0.3) is 0 Å². The number of β-amino-alcohol motifs (C(OH)–C–C–N with tert-alkyl or cyclic N) is 1. The summed E-state index contributed by atoms with van der Waals surface area (Å²) in [4.78, 5) is 16.5. The number of carbonyl (C=O) groups excluding carboxylic acids is 1. The van der Waals surface area contributed by atoms with E-state index >= 15 is 0 Å². The highest BCUT2D eigenvalue weighted by atomic mass is 35.5. The van der Waals surface area contributed by atoms with E-state index in [2.05, 4.69) is 4.90 Å². The molecule has 1 aliphatic carbocycles. The van der Waals surface area contributed by atoms with Gasteiger partial charge in [-0.15, -0.1) is 0 Å². The first-order valence-corrected chi connectivity index (χ1v) is 7.96. The normalized spacial score (nSPS) is 21.3. The fourth-order valence-electron chi connectivity index (χ4n) is 2.80. The van der Waals surface area contributed by atoms with Crippen molar-refractivity contribution < 1.29 is 9.90 Å². The molecule has 114 valence electrons. The predicted octanol–water partition coefficient (Wildman–Crippen LogP) is 1.87. The molecule has 1 aliphatic heterocycles. The van der Waals surface area contributed by atoms with Gasteiger partial charge in [-0.2, -0.15) is 0 Å². The van der Waals surface area contributed by atoms with E-state index in [0.29, 0.717) is 16.5 Å². The van der Waals surface area contributed by atoms with Crippen molar-refractivity contribution in [2.24, 2.45) is 5.92 Å². The van der Waals surface area contributed by atoms with Gasteiger partial charge >= 0.3 is 0 Å². The van der Waals surface area contributed by atoms with Gasteiger partial charge < -0.3 is 10.0 Å². The van der Waals surface area contributed by atoms with Crippen LogP contribution in [0, 0.1) is 5.92 Å². The van der Waals surface area contributed by atoms with E-state index in [-0.39, 0.29) is 12.0 Å². The standard InChI is InChI=1S/C16H21ClN2O2/c17-14-5-3-13(4-6-14)16(21)19-9-7-18(8-10-19)11-15(20)12-1-2-12/h3-6,12,15,20H,1-2,7-11H2/t15-/m1/s1. The second kappa shape index (κ2) is 6.34. The molecule has 5 heteroatoms. The number of benzene rings is 1. The Morgan fingerprint density at radius 2 is 1.81 bits per heavy atom. The lowest BCUT2D eigenvalue weighted by Gasteiger charge is -2.35. The van der Waals surface area contributed by atoms with Crippen molar-refractivity contribution in [1.29, 1.82) is 0 Å². The zero-order valence-corrected chi connectivity index (χ0v) is 12.8. The van der Waals surface area contributed by atoms with Crippen molar-refractivity contribution in [3.05, 3.63) is 34.9 Å². The predicted molar refractivity (Wildman–Crippen MR) is 82.5 cm³/mol. The smallest absolute Gasteiger partial charge is 0.253 e. The molecule has 21 heavy (non-hydrogen) atoms. The van der Waals surface area contributed by atoms with Crippen molar-refractivity contribution in [1.82, 2.24) is 9.80 Å². The van der Waals surface area contributed by atoms with Crippen LogP contribution >= 0.6 is 11.6 Å². The lowest BCUT2D eigenvalue weighted by Crippen LogP contribution is -2.50. The van der Waals surface area contributed by atoms with E-state index in [0.717, 1.165) is 45.6 Å². The van der Waals surface area contributed by atoms with E-state index < -0.39 is 0 Å². The first kappa shape index (κ1) is 14.8. The summed E-state index contributed by atoms with van der Waals surface area (Å²) in [7, 11) is 0. The van der Waals surface area contributed by atoms with Gasteiger partial charge in [0.05, 0.1) is 6.10 Å². The molecule has 1 heterocycles. The van der Waals surface area contributed by atoms with Crippen LogP contribution < -0.4 is 0 Å². The topological polar surface area (TPSA) is 43.8 Å². The number of aliphatic hydroxyl groups is 1. The number of hydrogen-bond acceptors (Lipinski definition) is 3. The van der Waals surface area contributed by atoms with Crippen LogP contribution in [0.15, 0.2) is 24.3 Å². The molecule has 1 aromatic rings. The molecule has 0 spiro atoms. The van der Waals surface area contributed by atoms with Crippen molar-refractivity contribution in [2.45, 2.75) is 18.9 Å². The molecule has 3 rings (SSSR count). The number of halogens is 1. The minimum atomic E-state index is -0.191. The molecule has 1 saturated heterocycles. The molecule has 1 N–H and O–H groups in total. The number of hydrogen-bond donors (Lipinski definition) is 1. The van der Waals surface area contributed by atoms with E-state index in [1.54, 1.807) is 24.3 Å². The highest BCUT2D eigenvalue weighted by Crippen LogP contribution is 2.32. The van der Waals surface area contributed by atoms with Crippen LogP contribution in [0.4, 0.5) is 0 Å². The summed E-state index contributed by atoms with van der Waals surface area (Å²) < 4.78 is 0. The highest BCUT2D eigenvalue weighted by Gasteiger charge is 2.32. The molecule has 2 aliphatic rings. The quantitative estimate of drug-likeness (QED) is 0.923. The summed E-state index contributed by atoms with van der Waals surface area (Å²) in [6, 6.07) is 7.04. The fourth-order valence-corrected chi connectivity index (χ4v) is 2.93. The second-order valence-corrected chi connectivity index (χ2v) is 6.44. The summed E-state index contributed by atoms with van der Waals surface area (Å²) >= 11 is 5.85. The van der Waals surface area contributed by atoms with Crippen LogP contribution in [0.3, 0.4) is 0 Å². The molecule has 1 saturated carbocycles. The Labute approximate surface area is 130 Å². The Bertz CT molecular complexity index is 494. The Balaban J connectivity index is 1.50. The zero-order chi connectivity index (χ0) is 14.8. The number of aliphatic hydroxyl groups excluding tert-OH is 1. The third kappa shape index (κ3) is 3.76. The molecule has 0 bridgehead atoms. The molecular weight excluding hydrogens is 288 g/mol. The third-order valence-electron chi connectivity index (χ3n) is 4.36. The average molecular weight is 309 g/mol. The first-order valence-electron chi connectivity index (χ1n) is 7.59. The van der Waals surface area contributed by atoms with Crippen LogP contribution in [-0.4, -0.2) is 59.6 Å². The average Bonchev–Trinajstić information content (AvgIpc) is 3.33. The van der Waals surface area contributed by atoms with Crippen molar-refractivity contribution in [2.75, 3.05) is 32.7 Å².